The van der Waals surface area contributed by atoms with Gasteiger partial charge in [0.15, 0.2) is 0 Å². The SMILES string of the molecule is N=C(N)c1cc(F)ccc1N1CCS(=O)CC1. The van der Waals surface area contributed by atoms with Crippen LogP contribution in [-0.2, 0) is 10.8 Å². The smallest absolute Gasteiger partial charge is 0.125 e. The van der Waals surface area contributed by atoms with Crippen molar-refractivity contribution < 1.29 is 8.60 Å². The molecule has 0 atom stereocenters. The number of nitrogens with one attached hydrogen (secondary N) is 1. The maximum atomic E-state index is 13.1. The third-order valence-electron chi connectivity index (χ3n) is 2.77. The molecule has 1 aliphatic heterocycles. The van der Waals surface area contributed by atoms with E-state index in [1.165, 1.54) is 12.1 Å². The highest BCUT2D eigenvalue weighted by atomic mass is 32.2. The lowest BCUT2D eigenvalue weighted by atomic mass is 10.1. The number of hydrogen-bond donors (Lipinski definition) is 2. The Morgan fingerprint density at radius 2 is 2.06 bits per heavy atom. The molecular weight excluding hydrogens is 241 g/mol. The Bertz CT molecular complexity index is 468. The van der Waals surface area contributed by atoms with E-state index in [2.05, 4.69) is 0 Å². The minimum Gasteiger partial charge on any atom is -0.384 e. The van der Waals surface area contributed by atoms with Crippen LogP contribution in [0.4, 0.5) is 10.1 Å². The van der Waals surface area contributed by atoms with Crippen molar-refractivity contribution in [1.82, 2.24) is 0 Å². The normalized spacial score (nSPS) is 17.1. The highest BCUT2D eigenvalue weighted by molar-refractivity contribution is 7.85. The largest absolute Gasteiger partial charge is 0.384 e. The van der Waals surface area contributed by atoms with Gasteiger partial charge in [-0.1, -0.05) is 0 Å². The Morgan fingerprint density at radius 1 is 1.41 bits per heavy atom. The molecule has 0 unspecified atom stereocenters. The standard InChI is InChI=1S/C11H14FN3OS/c12-8-1-2-10(9(7-8)11(13)14)15-3-5-17(16)6-4-15/h1-2,7H,3-6H2,(H3,13,14). The molecule has 6 heteroatoms. The van der Waals surface area contributed by atoms with Crippen molar-refractivity contribution >= 4 is 22.3 Å². The molecule has 3 N–H and O–H groups in total. The molecule has 0 bridgehead atoms. The number of nitrogens with two attached hydrogens (primary N) is 1. The second-order valence-corrected chi connectivity index (χ2v) is 5.61. The summed E-state index contributed by atoms with van der Waals surface area (Å²) in [6, 6.07) is 4.25. The van der Waals surface area contributed by atoms with E-state index in [9.17, 15) is 8.60 Å². The van der Waals surface area contributed by atoms with Gasteiger partial charge in [-0.25, -0.2) is 4.39 Å². The third-order valence-corrected chi connectivity index (χ3v) is 4.04. The number of hydrogen-bond acceptors (Lipinski definition) is 3. The first-order valence-electron chi connectivity index (χ1n) is 5.32. The number of rotatable bonds is 2. The number of amidine groups is 1. The summed E-state index contributed by atoms with van der Waals surface area (Å²) in [5.74, 6) is 0.662. The Morgan fingerprint density at radius 3 is 2.65 bits per heavy atom. The molecule has 4 nitrogen and oxygen atoms in total. The first-order chi connectivity index (χ1) is 8.08. The van der Waals surface area contributed by atoms with Gasteiger partial charge in [0.25, 0.3) is 0 Å². The zero-order chi connectivity index (χ0) is 12.4. The molecule has 1 heterocycles. The van der Waals surface area contributed by atoms with Gasteiger partial charge in [0.2, 0.25) is 0 Å². The molecule has 1 aromatic rings. The van der Waals surface area contributed by atoms with Crippen LogP contribution in [0.2, 0.25) is 0 Å². The van der Waals surface area contributed by atoms with E-state index < -0.39 is 16.6 Å². The van der Waals surface area contributed by atoms with Crippen LogP contribution >= 0.6 is 0 Å². The van der Waals surface area contributed by atoms with Crippen LogP contribution < -0.4 is 10.6 Å². The third kappa shape index (κ3) is 2.63. The molecule has 2 rings (SSSR count). The Hall–Kier alpha value is -1.43. The minimum absolute atomic E-state index is 0.147. The lowest BCUT2D eigenvalue weighted by molar-refractivity contribution is 0.627. The fourth-order valence-electron chi connectivity index (χ4n) is 1.88. The van der Waals surface area contributed by atoms with Crippen LogP contribution in [0.15, 0.2) is 18.2 Å². The molecule has 0 saturated carbocycles. The second-order valence-electron chi connectivity index (χ2n) is 3.91. The number of nitrogens with zero attached hydrogens (tertiary/aromatic N) is 1. The molecule has 0 radical (unpaired) electrons. The summed E-state index contributed by atoms with van der Waals surface area (Å²) in [6.07, 6.45) is 0. The summed E-state index contributed by atoms with van der Waals surface area (Å²) in [4.78, 5) is 2.00. The zero-order valence-electron chi connectivity index (χ0n) is 9.28. The van der Waals surface area contributed by atoms with Crippen LogP contribution in [0, 0.1) is 11.2 Å². The van der Waals surface area contributed by atoms with Gasteiger partial charge in [-0.05, 0) is 18.2 Å². The lowest BCUT2D eigenvalue weighted by Gasteiger charge is -2.30. The first-order valence-corrected chi connectivity index (χ1v) is 6.80. The molecule has 0 spiro atoms. The minimum atomic E-state index is -0.757. The molecular formula is C11H14FN3OS. The van der Waals surface area contributed by atoms with E-state index in [1.807, 2.05) is 4.90 Å². The Kier molecular flexibility index (Phi) is 3.42. The average Bonchev–Trinajstić information content (AvgIpc) is 2.30. The van der Waals surface area contributed by atoms with Crippen LogP contribution in [0.25, 0.3) is 0 Å². The number of halogens is 1. The van der Waals surface area contributed by atoms with Gasteiger partial charge in [0.1, 0.15) is 11.7 Å². The quantitative estimate of drug-likeness (QED) is 0.603. The van der Waals surface area contributed by atoms with Gasteiger partial charge < -0.3 is 10.6 Å². The number of anilines is 1. The summed E-state index contributed by atoms with van der Waals surface area (Å²) in [5, 5.41) is 7.46. The monoisotopic (exact) mass is 255 g/mol. The topological polar surface area (TPSA) is 70.2 Å². The highest BCUT2D eigenvalue weighted by Crippen LogP contribution is 2.22. The Balaban J connectivity index is 2.31. The molecule has 1 aromatic carbocycles. The number of benzene rings is 1. The first kappa shape index (κ1) is 12.0. The Labute approximate surface area is 102 Å². The summed E-state index contributed by atoms with van der Waals surface area (Å²) < 4.78 is 24.4. The molecule has 0 aliphatic carbocycles. The molecule has 1 fully saturated rings. The summed E-state index contributed by atoms with van der Waals surface area (Å²) >= 11 is 0. The predicted octanol–water partition coefficient (Wildman–Crippen LogP) is 0.678. The molecule has 0 amide bonds. The van der Waals surface area contributed by atoms with Gasteiger partial charge in [0.05, 0.1) is 0 Å². The summed E-state index contributed by atoms with van der Waals surface area (Å²) in [7, 11) is -0.757. The van der Waals surface area contributed by atoms with E-state index >= 15 is 0 Å². The van der Waals surface area contributed by atoms with E-state index in [1.54, 1.807) is 6.07 Å². The van der Waals surface area contributed by atoms with E-state index in [-0.39, 0.29) is 5.84 Å². The van der Waals surface area contributed by atoms with Crippen molar-refractivity contribution in [1.29, 1.82) is 5.41 Å². The summed E-state index contributed by atoms with van der Waals surface area (Å²) in [5.41, 5.74) is 6.59. The van der Waals surface area contributed by atoms with Gasteiger partial charge in [0, 0.05) is 46.6 Å². The van der Waals surface area contributed by atoms with Crippen molar-refractivity contribution in [2.45, 2.75) is 0 Å². The van der Waals surface area contributed by atoms with Crippen molar-refractivity contribution in [3.63, 3.8) is 0 Å². The van der Waals surface area contributed by atoms with Crippen molar-refractivity contribution in [3.8, 4) is 0 Å². The second kappa shape index (κ2) is 4.83. The van der Waals surface area contributed by atoms with E-state index in [4.69, 9.17) is 11.1 Å². The van der Waals surface area contributed by atoms with E-state index in [0.29, 0.717) is 30.2 Å². The fraction of sp³-hybridized carbons (Fsp3) is 0.364. The van der Waals surface area contributed by atoms with Crippen molar-refractivity contribution in [3.05, 3.63) is 29.6 Å². The lowest BCUT2D eigenvalue weighted by Crippen LogP contribution is -2.38. The van der Waals surface area contributed by atoms with Crippen LogP contribution in [0.3, 0.4) is 0 Å². The molecule has 1 aliphatic rings. The van der Waals surface area contributed by atoms with Crippen molar-refractivity contribution in [2.24, 2.45) is 5.73 Å². The fourth-order valence-corrected chi connectivity index (χ4v) is 2.93. The van der Waals surface area contributed by atoms with E-state index in [0.717, 1.165) is 5.69 Å². The molecule has 92 valence electrons. The maximum Gasteiger partial charge on any atom is 0.125 e. The van der Waals surface area contributed by atoms with Gasteiger partial charge in [-0.3, -0.25) is 9.62 Å². The molecule has 17 heavy (non-hydrogen) atoms. The van der Waals surface area contributed by atoms with Crippen LogP contribution in [0.5, 0.6) is 0 Å². The summed E-state index contributed by atoms with van der Waals surface area (Å²) in [6.45, 7) is 1.30. The van der Waals surface area contributed by atoms with Crippen LogP contribution in [0.1, 0.15) is 5.56 Å². The predicted molar refractivity (Wildman–Crippen MR) is 67.5 cm³/mol. The number of nitrogen functional groups attached to an aromatic ring is 1. The highest BCUT2D eigenvalue weighted by Gasteiger charge is 2.19. The van der Waals surface area contributed by atoms with Gasteiger partial charge in [-0.2, -0.15) is 0 Å². The maximum absolute atomic E-state index is 13.1. The van der Waals surface area contributed by atoms with Crippen LogP contribution in [-0.4, -0.2) is 34.6 Å². The zero-order valence-corrected chi connectivity index (χ0v) is 10.1. The molecule has 1 saturated heterocycles. The average molecular weight is 255 g/mol. The molecule has 0 aromatic heterocycles. The van der Waals surface area contributed by atoms with Crippen molar-refractivity contribution in [2.75, 3.05) is 29.5 Å². The van der Waals surface area contributed by atoms with Gasteiger partial charge in [-0.15, -0.1) is 0 Å². The van der Waals surface area contributed by atoms with Gasteiger partial charge >= 0.3 is 0 Å².